The van der Waals surface area contributed by atoms with Crippen LogP contribution in [0.2, 0.25) is 0 Å². The first kappa shape index (κ1) is 13.9. The highest BCUT2D eigenvalue weighted by Gasteiger charge is 2.11. The summed E-state index contributed by atoms with van der Waals surface area (Å²) in [5.74, 6) is 0.585. The van der Waals surface area contributed by atoms with Gasteiger partial charge in [0.05, 0.1) is 21.3 Å². The lowest BCUT2D eigenvalue weighted by Gasteiger charge is -2.12. The molecule has 0 unspecified atom stereocenters. The number of carboxylic acid groups (broad SMARTS) is 1. The third-order valence-electron chi connectivity index (χ3n) is 2.45. The Morgan fingerprint density at radius 2 is 1.56 bits per heavy atom. The molecule has 98 valence electrons. The van der Waals surface area contributed by atoms with Gasteiger partial charge in [0.2, 0.25) is 0 Å². The Kier molecular flexibility index (Phi) is 4.59. The van der Waals surface area contributed by atoms with Crippen LogP contribution in [0.1, 0.15) is 12.5 Å². The summed E-state index contributed by atoms with van der Waals surface area (Å²) in [4.78, 5) is 10.8. The smallest absolute Gasteiger partial charge is 0.331 e. The Morgan fingerprint density at radius 3 is 2.00 bits per heavy atom. The third kappa shape index (κ3) is 2.94. The molecule has 0 heterocycles. The van der Waals surface area contributed by atoms with Crippen molar-refractivity contribution in [2.24, 2.45) is 0 Å². The van der Waals surface area contributed by atoms with E-state index in [1.54, 1.807) is 12.1 Å². The molecule has 0 aliphatic carbocycles. The summed E-state index contributed by atoms with van der Waals surface area (Å²) in [6.07, 6.45) is 1.52. The van der Waals surface area contributed by atoms with Gasteiger partial charge in [0.15, 0.2) is 11.5 Å². The molecule has 5 heteroatoms. The molecule has 0 fully saturated rings. The van der Waals surface area contributed by atoms with Crippen LogP contribution in [0.5, 0.6) is 17.2 Å². The molecule has 0 amide bonds. The number of aliphatic carboxylic acids is 1. The lowest BCUT2D eigenvalue weighted by atomic mass is 10.1. The Labute approximate surface area is 106 Å². The van der Waals surface area contributed by atoms with Crippen molar-refractivity contribution in [1.29, 1.82) is 0 Å². The van der Waals surface area contributed by atoms with E-state index in [1.807, 2.05) is 0 Å². The lowest BCUT2D eigenvalue weighted by Crippen LogP contribution is -1.98. The summed E-state index contributed by atoms with van der Waals surface area (Å²) in [6, 6.07) is 3.32. The van der Waals surface area contributed by atoms with Crippen LogP contribution in [-0.2, 0) is 4.79 Å². The van der Waals surface area contributed by atoms with Crippen molar-refractivity contribution >= 4 is 12.0 Å². The molecule has 1 aromatic carbocycles. The summed E-state index contributed by atoms with van der Waals surface area (Å²) >= 11 is 0. The van der Waals surface area contributed by atoms with Crippen molar-refractivity contribution in [3.8, 4) is 17.2 Å². The number of ether oxygens (including phenoxy) is 3. The Hall–Kier alpha value is -2.17. The fourth-order valence-electron chi connectivity index (χ4n) is 1.46. The number of carboxylic acids is 1. The minimum atomic E-state index is -0.980. The highest BCUT2D eigenvalue weighted by molar-refractivity contribution is 5.92. The highest BCUT2D eigenvalue weighted by atomic mass is 16.5. The zero-order valence-corrected chi connectivity index (χ0v) is 10.8. The van der Waals surface area contributed by atoms with Gasteiger partial charge in [-0.15, -0.1) is 0 Å². The second-order valence-electron chi connectivity index (χ2n) is 3.58. The molecule has 0 aliphatic rings. The summed E-state index contributed by atoms with van der Waals surface area (Å²) in [7, 11) is 4.55. The molecule has 1 rings (SSSR count). The Bertz CT molecular complexity index is 477. The van der Waals surface area contributed by atoms with E-state index in [2.05, 4.69) is 0 Å². The number of rotatable bonds is 5. The number of methoxy groups -OCH3 is 3. The van der Waals surface area contributed by atoms with Crippen LogP contribution in [0.25, 0.3) is 6.08 Å². The van der Waals surface area contributed by atoms with Gasteiger partial charge < -0.3 is 19.3 Å². The van der Waals surface area contributed by atoms with Gasteiger partial charge >= 0.3 is 5.97 Å². The summed E-state index contributed by atoms with van der Waals surface area (Å²) < 4.78 is 15.5. The van der Waals surface area contributed by atoms with Gasteiger partial charge in [0, 0.05) is 17.2 Å². The summed E-state index contributed by atoms with van der Waals surface area (Å²) in [6.45, 7) is 1.51. The van der Waals surface area contributed by atoms with Crippen LogP contribution in [0.3, 0.4) is 0 Å². The van der Waals surface area contributed by atoms with Gasteiger partial charge in [0.25, 0.3) is 0 Å². The maximum atomic E-state index is 10.8. The SMILES string of the molecule is COc1cc(OC)c(OC)cc1/C=C(\C)C(=O)O. The van der Waals surface area contributed by atoms with E-state index >= 15 is 0 Å². The van der Waals surface area contributed by atoms with E-state index in [4.69, 9.17) is 19.3 Å². The van der Waals surface area contributed by atoms with Gasteiger partial charge in [-0.25, -0.2) is 4.79 Å². The van der Waals surface area contributed by atoms with Crippen molar-refractivity contribution < 1.29 is 24.1 Å². The molecule has 0 aliphatic heterocycles. The van der Waals surface area contributed by atoms with Crippen molar-refractivity contribution in [3.05, 3.63) is 23.3 Å². The minimum absolute atomic E-state index is 0.209. The molecule has 1 N–H and O–H groups in total. The fourth-order valence-corrected chi connectivity index (χ4v) is 1.46. The standard InChI is InChI=1S/C13H16O5/c1-8(13(14)15)5-9-6-11(17-3)12(18-4)7-10(9)16-2/h5-7H,1-4H3,(H,14,15)/b8-5+. The minimum Gasteiger partial charge on any atom is -0.496 e. The molecule has 5 nitrogen and oxygen atoms in total. The van der Waals surface area contributed by atoms with Gasteiger partial charge in [-0.1, -0.05) is 0 Å². The molecule has 18 heavy (non-hydrogen) atoms. The molecule has 0 aromatic heterocycles. The van der Waals surface area contributed by atoms with Gasteiger partial charge in [-0.2, -0.15) is 0 Å². The summed E-state index contributed by atoms with van der Waals surface area (Å²) in [5.41, 5.74) is 0.829. The Balaban J connectivity index is 3.34. The molecular weight excluding hydrogens is 236 g/mol. The first-order valence-corrected chi connectivity index (χ1v) is 5.25. The molecule has 0 bridgehead atoms. The molecule has 0 saturated heterocycles. The largest absolute Gasteiger partial charge is 0.496 e. The van der Waals surface area contributed by atoms with Crippen LogP contribution < -0.4 is 14.2 Å². The molecular formula is C13H16O5. The number of benzene rings is 1. The number of carbonyl (C=O) groups is 1. The van der Waals surface area contributed by atoms with E-state index in [0.29, 0.717) is 22.8 Å². The average molecular weight is 252 g/mol. The molecule has 0 atom stereocenters. The Morgan fingerprint density at radius 1 is 1.06 bits per heavy atom. The number of hydrogen-bond donors (Lipinski definition) is 1. The molecule has 0 spiro atoms. The van der Waals surface area contributed by atoms with Gasteiger partial charge in [-0.3, -0.25) is 0 Å². The first-order valence-electron chi connectivity index (χ1n) is 5.25. The van der Waals surface area contributed by atoms with Crippen LogP contribution >= 0.6 is 0 Å². The predicted molar refractivity (Wildman–Crippen MR) is 67.4 cm³/mol. The molecule has 1 aromatic rings. The van der Waals surface area contributed by atoms with Crippen molar-refractivity contribution in [2.45, 2.75) is 6.92 Å². The zero-order chi connectivity index (χ0) is 13.7. The van der Waals surface area contributed by atoms with E-state index in [9.17, 15) is 4.79 Å². The fraction of sp³-hybridized carbons (Fsp3) is 0.308. The van der Waals surface area contributed by atoms with Crippen molar-refractivity contribution in [2.75, 3.05) is 21.3 Å². The maximum Gasteiger partial charge on any atom is 0.331 e. The molecule has 0 saturated carbocycles. The predicted octanol–water partition coefficient (Wildman–Crippen LogP) is 2.20. The average Bonchev–Trinajstić information content (AvgIpc) is 2.37. The van der Waals surface area contributed by atoms with Gasteiger partial charge in [-0.05, 0) is 19.1 Å². The van der Waals surface area contributed by atoms with Crippen LogP contribution in [0, 0.1) is 0 Å². The van der Waals surface area contributed by atoms with E-state index in [0.717, 1.165) is 0 Å². The first-order chi connectivity index (χ1) is 8.53. The van der Waals surface area contributed by atoms with Gasteiger partial charge in [0.1, 0.15) is 5.75 Å². The highest BCUT2D eigenvalue weighted by Crippen LogP contribution is 2.35. The monoisotopic (exact) mass is 252 g/mol. The van der Waals surface area contributed by atoms with E-state index in [1.165, 1.54) is 34.3 Å². The zero-order valence-electron chi connectivity index (χ0n) is 10.8. The van der Waals surface area contributed by atoms with E-state index in [-0.39, 0.29) is 5.57 Å². The maximum absolute atomic E-state index is 10.8. The van der Waals surface area contributed by atoms with E-state index < -0.39 is 5.97 Å². The topological polar surface area (TPSA) is 65.0 Å². The van der Waals surface area contributed by atoms with Crippen molar-refractivity contribution in [1.82, 2.24) is 0 Å². The van der Waals surface area contributed by atoms with Crippen molar-refractivity contribution in [3.63, 3.8) is 0 Å². The second kappa shape index (κ2) is 5.95. The molecule has 0 radical (unpaired) electrons. The van der Waals surface area contributed by atoms with Crippen LogP contribution in [0.4, 0.5) is 0 Å². The quantitative estimate of drug-likeness (QED) is 0.814. The second-order valence-corrected chi connectivity index (χ2v) is 3.58. The summed E-state index contributed by atoms with van der Waals surface area (Å²) in [5, 5.41) is 8.87. The van der Waals surface area contributed by atoms with Crippen LogP contribution in [0.15, 0.2) is 17.7 Å². The van der Waals surface area contributed by atoms with Crippen LogP contribution in [-0.4, -0.2) is 32.4 Å². The third-order valence-corrected chi connectivity index (χ3v) is 2.45. The number of hydrogen-bond acceptors (Lipinski definition) is 4. The lowest BCUT2D eigenvalue weighted by molar-refractivity contribution is -0.132. The normalized spacial score (nSPS) is 11.0.